The number of carbonyl (C=O) groups excluding carboxylic acids is 1. The van der Waals surface area contributed by atoms with E-state index in [0.29, 0.717) is 12.5 Å². The highest BCUT2D eigenvalue weighted by molar-refractivity contribution is 5.77. The monoisotopic (exact) mass is 209 g/mol. The van der Waals surface area contributed by atoms with Crippen LogP contribution in [-0.2, 0) is 4.79 Å². The van der Waals surface area contributed by atoms with E-state index in [1.165, 1.54) is 0 Å². The lowest BCUT2D eigenvalue weighted by Crippen LogP contribution is -2.30. The minimum atomic E-state index is -0.394. The molecule has 1 aliphatic rings. The lowest BCUT2D eigenvalue weighted by atomic mass is 10.0. The molecular weight excluding hydrogens is 194 g/mol. The molecule has 1 saturated heterocycles. The second-order valence-corrected chi connectivity index (χ2v) is 3.95. The van der Waals surface area contributed by atoms with Gasteiger partial charge in [-0.15, -0.1) is 0 Å². The van der Waals surface area contributed by atoms with Gasteiger partial charge in [-0.1, -0.05) is 0 Å². The lowest BCUT2D eigenvalue weighted by Gasteiger charge is -2.14. The van der Waals surface area contributed by atoms with Gasteiger partial charge in [0.15, 0.2) is 0 Å². The summed E-state index contributed by atoms with van der Waals surface area (Å²) in [6, 6.07) is 0. The van der Waals surface area contributed by atoms with Crippen molar-refractivity contribution in [2.45, 2.75) is 19.3 Å². The number of aliphatic hydroxyl groups is 1. The van der Waals surface area contributed by atoms with Crippen LogP contribution in [0.5, 0.6) is 0 Å². The number of rotatable bonds is 2. The average Bonchev–Trinajstić information content (AvgIpc) is 2.84. The Kier molecular flexibility index (Phi) is 2.73. The Bertz CT molecular complexity index is 361. The number of nitrogens with zero attached hydrogens (tertiary/aromatic N) is 2. The Balaban J connectivity index is 2.05. The van der Waals surface area contributed by atoms with E-state index in [1.54, 1.807) is 11.1 Å². The highest BCUT2D eigenvalue weighted by Crippen LogP contribution is 2.27. The van der Waals surface area contributed by atoms with Crippen molar-refractivity contribution in [3.05, 3.63) is 17.5 Å². The SMILES string of the molecule is Cc1cn[nH]c1C1CCN(C(=O)CO)C1. The van der Waals surface area contributed by atoms with Gasteiger partial charge in [0.2, 0.25) is 5.91 Å². The molecule has 15 heavy (non-hydrogen) atoms. The maximum atomic E-state index is 11.3. The summed E-state index contributed by atoms with van der Waals surface area (Å²) in [7, 11) is 0. The predicted octanol–water partition coefficient (Wildman–Crippen LogP) is 0.0263. The molecule has 0 spiro atoms. The Morgan fingerprint density at radius 1 is 1.80 bits per heavy atom. The fourth-order valence-electron chi connectivity index (χ4n) is 2.09. The maximum absolute atomic E-state index is 11.3. The molecule has 1 fully saturated rings. The smallest absolute Gasteiger partial charge is 0.248 e. The number of hydrogen-bond acceptors (Lipinski definition) is 3. The van der Waals surface area contributed by atoms with Gasteiger partial charge < -0.3 is 10.0 Å². The molecule has 5 nitrogen and oxygen atoms in total. The van der Waals surface area contributed by atoms with Gasteiger partial charge in [-0.25, -0.2) is 0 Å². The molecule has 0 radical (unpaired) electrons. The molecular formula is C10H15N3O2. The van der Waals surface area contributed by atoms with Crippen LogP contribution < -0.4 is 0 Å². The van der Waals surface area contributed by atoms with Gasteiger partial charge in [-0.05, 0) is 18.9 Å². The number of hydrogen-bond donors (Lipinski definition) is 2. The van der Waals surface area contributed by atoms with Crippen molar-refractivity contribution in [2.75, 3.05) is 19.7 Å². The van der Waals surface area contributed by atoms with Crippen LogP contribution in [0.4, 0.5) is 0 Å². The second-order valence-electron chi connectivity index (χ2n) is 3.95. The number of amides is 1. The van der Waals surface area contributed by atoms with Gasteiger partial charge in [-0.2, -0.15) is 5.10 Å². The molecule has 1 aromatic heterocycles. The van der Waals surface area contributed by atoms with Crippen LogP contribution in [0.15, 0.2) is 6.20 Å². The van der Waals surface area contributed by atoms with Crippen molar-refractivity contribution in [1.29, 1.82) is 0 Å². The van der Waals surface area contributed by atoms with E-state index in [-0.39, 0.29) is 5.91 Å². The van der Waals surface area contributed by atoms with Crippen molar-refractivity contribution in [2.24, 2.45) is 0 Å². The van der Waals surface area contributed by atoms with Gasteiger partial charge in [0.25, 0.3) is 0 Å². The molecule has 1 amide bonds. The van der Waals surface area contributed by atoms with Gasteiger partial charge >= 0.3 is 0 Å². The number of aromatic amines is 1. The van der Waals surface area contributed by atoms with Gasteiger partial charge in [-0.3, -0.25) is 9.89 Å². The molecule has 0 aromatic carbocycles. The van der Waals surface area contributed by atoms with Crippen molar-refractivity contribution < 1.29 is 9.90 Å². The standard InChI is InChI=1S/C10H15N3O2/c1-7-4-11-12-10(7)8-2-3-13(5-8)9(15)6-14/h4,8,14H,2-3,5-6H2,1H3,(H,11,12). The second kappa shape index (κ2) is 4.02. The zero-order chi connectivity index (χ0) is 10.8. The molecule has 0 aliphatic carbocycles. The quantitative estimate of drug-likeness (QED) is 0.721. The number of H-pyrrole nitrogens is 1. The summed E-state index contributed by atoms with van der Waals surface area (Å²) < 4.78 is 0. The largest absolute Gasteiger partial charge is 0.387 e. The summed E-state index contributed by atoms with van der Waals surface area (Å²) in [6.45, 7) is 3.02. The minimum Gasteiger partial charge on any atom is -0.387 e. The third-order valence-corrected chi connectivity index (χ3v) is 2.95. The van der Waals surface area contributed by atoms with E-state index < -0.39 is 6.61 Å². The molecule has 1 aromatic rings. The topological polar surface area (TPSA) is 69.2 Å². The zero-order valence-corrected chi connectivity index (χ0v) is 8.73. The van der Waals surface area contributed by atoms with E-state index in [0.717, 1.165) is 24.2 Å². The lowest BCUT2D eigenvalue weighted by molar-refractivity contribution is -0.133. The van der Waals surface area contributed by atoms with Crippen LogP contribution in [-0.4, -0.2) is 45.8 Å². The third-order valence-electron chi connectivity index (χ3n) is 2.95. The summed E-state index contributed by atoms with van der Waals surface area (Å²) in [5.41, 5.74) is 2.25. The molecule has 1 atom stereocenters. The predicted molar refractivity (Wildman–Crippen MR) is 54.3 cm³/mol. The van der Waals surface area contributed by atoms with Gasteiger partial charge in [0, 0.05) is 24.7 Å². The highest BCUT2D eigenvalue weighted by Gasteiger charge is 2.28. The normalized spacial score (nSPS) is 20.9. The van der Waals surface area contributed by atoms with Crippen LogP contribution in [0.2, 0.25) is 0 Å². The molecule has 2 N–H and O–H groups in total. The minimum absolute atomic E-state index is 0.185. The number of aliphatic hydroxyl groups excluding tert-OH is 1. The summed E-state index contributed by atoms with van der Waals surface area (Å²) in [5, 5.41) is 15.7. The van der Waals surface area contributed by atoms with E-state index in [1.807, 2.05) is 6.92 Å². The Morgan fingerprint density at radius 2 is 2.60 bits per heavy atom. The first-order chi connectivity index (χ1) is 7.22. The Labute approximate surface area is 88.1 Å². The third kappa shape index (κ3) is 1.87. The van der Waals surface area contributed by atoms with Crippen molar-refractivity contribution in [3.8, 4) is 0 Å². The van der Waals surface area contributed by atoms with Crippen LogP contribution in [0.25, 0.3) is 0 Å². The summed E-state index contributed by atoms with van der Waals surface area (Å²) in [6.07, 6.45) is 2.74. The average molecular weight is 209 g/mol. The summed E-state index contributed by atoms with van der Waals surface area (Å²) >= 11 is 0. The van der Waals surface area contributed by atoms with Crippen LogP contribution in [0.3, 0.4) is 0 Å². The van der Waals surface area contributed by atoms with Crippen molar-refractivity contribution >= 4 is 5.91 Å². The Morgan fingerprint density at radius 3 is 3.20 bits per heavy atom. The number of aryl methyl sites for hydroxylation is 1. The zero-order valence-electron chi connectivity index (χ0n) is 8.73. The molecule has 1 unspecified atom stereocenters. The first-order valence-corrected chi connectivity index (χ1v) is 5.11. The Hall–Kier alpha value is -1.36. The van der Waals surface area contributed by atoms with E-state index in [2.05, 4.69) is 10.2 Å². The molecule has 2 heterocycles. The van der Waals surface area contributed by atoms with Crippen molar-refractivity contribution in [3.63, 3.8) is 0 Å². The number of aromatic nitrogens is 2. The highest BCUT2D eigenvalue weighted by atomic mass is 16.3. The molecule has 2 rings (SSSR count). The fraction of sp³-hybridized carbons (Fsp3) is 0.600. The first kappa shape index (κ1) is 10.2. The number of nitrogens with one attached hydrogen (secondary N) is 1. The van der Waals surface area contributed by atoms with Crippen molar-refractivity contribution in [1.82, 2.24) is 15.1 Å². The van der Waals surface area contributed by atoms with Crippen LogP contribution in [0, 0.1) is 6.92 Å². The molecule has 5 heteroatoms. The first-order valence-electron chi connectivity index (χ1n) is 5.11. The number of likely N-dealkylation sites (tertiary alicyclic amines) is 1. The van der Waals surface area contributed by atoms with Gasteiger partial charge in [0.1, 0.15) is 6.61 Å². The van der Waals surface area contributed by atoms with E-state index in [9.17, 15) is 4.79 Å². The molecule has 82 valence electrons. The molecule has 0 bridgehead atoms. The van der Waals surface area contributed by atoms with E-state index >= 15 is 0 Å². The summed E-state index contributed by atoms with van der Waals surface area (Å²) in [5.74, 6) is 0.151. The number of carbonyl (C=O) groups is 1. The fourth-order valence-corrected chi connectivity index (χ4v) is 2.09. The summed E-state index contributed by atoms with van der Waals surface area (Å²) in [4.78, 5) is 13.0. The van der Waals surface area contributed by atoms with Crippen LogP contribution >= 0.6 is 0 Å². The maximum Gasteiger partial charge on any atom is 0.248 e. The molecule has 1 aliphatic heterocycles. The van der Waals surface area contributed by atoms with E-state index in [4.69, 9.17) is 5.11 Å². The van der Waals surface area contributed by atoms with Gasteiger partial charge in [0.05, 0.1) is 6.20 Å². The molecule has 0 saturated carbocycles. The van der Waals surface area contributed by atoms with Crippen LogP contribution in [0.1, 0.15) is 23.6 Å².